The number of para-hydroxylation sites is 1. The van der Waals surface area contributed by atoms with Gasteiger partial charge in [-0.3, -0.25) is 10.1 Å². The second-order valence-electron chi connectivity index (χ2n) is 4.47. The van der Waals surface area contributed by atoms with Gasteiger partial charge in [-0.2, -0.15) is 0 Å². The molecule has 0 spiro atoms. The maximum absolute atomic E-state index is 11.6. The Balaban J connectivity index is 2.51. The monoisotopic (exact) mass is 265 g/mol. The summed E-state index contributed by atoms with van der Waals surface area (Å²) in [5.74, 6) is -0.387. The number of benzene rings is 1. The van der Waals surface area contributed by atoms with Crippen LogP contribution in [-0.4, -0.2) is 25.8 Å². The lowest BCUT2D eigenvalue weighted by Crippen LogP contribution is -2.35. The molecule has 1 aromatic carbocycles. The number of methoxy groups -OCH3 is 1. The Labute approximate surface area is 112 Å². The van der Waals surface area contributed by atoms with E-state index in [0.717, 1.165) is 0 Å². The number of nitrogens with one attached hydrogen (secondary N) is 1. The van der Waals surface area contributed by atoms with Gasteiger partial charge in [-0.25, -0.2) is 4.79 Å². The molecule has 0 aliphatic heterocycles. The number of hydrogen-bond donors (Lipinski definition) is 1. The number of anilines is 1. The van der Waals surface area contributed by atoms with Gasteiger partial charge in [0, 0.05) is 5.69 Å². The third-order valence-corrected chi connectivity index (χ3v) is 3.00. The largest absolute Gasteiger partial charge is 0.469 e. The maximum atomic E-state index is 11.6. The third-order valence-electron chi connectivity index (χ3n) is 3.00. The van der Waals surface area contributed by atoms with Crippen molar-refractivity contribution in [2.75, 3.05) is 19.0 Å². The molecule has 1 amide bonds. The van der Waals surface area contributed by atoms with E-state index in [1.165, 1.54) is 7.11 Å². The summed E-state index contributed by atoms with van der Waals surface area (Å²) in [6.07, 6.45) is -0.0621. The number of carbonyl (C=O) groups is 2. The van der Waals surface area contributed by atoms with Crippen LogP contribution in [0.4, 0.5) is 10.5 Å². The molecule has 0 aliphatic carbocycles. The lowest BCUT2D eigenvalue weighted by Gasteiger charge is -2.24. The van der Waals surface area contributed by atoms with Crippen LogP contribution in [0.5, 0.6) is 0 Å². The highest BCUT2D eigenvalue weighted by Gasteiger charge is 2.34. The Morgan fingerprint density at radius 1 is 1.26 bits per heavy atom. The first-order valence-corrected chi connectivity index (χ1v) is 6.09. The molecule has 19 heavy (non-hydrogen) atoms. The van der Waals surface area contributed by atoms with E-state index in [0.29, 0.717) is 12.1 Å². The van der Waals surface area contributed by atoms with Gasteiger partial charge >= 0.3 is 12.1 Å². The van der Waals surface area contributed by atoms with E-state index in [9.17, 15) is 9.59 Å². The molecule has 0 aliphatic rings. The van der Waals surface area contributed by atoms with Gasteiger partial charge in [0.25, 0.3) is 0 Å². The highest BCUT2D eigenvalue weighted by Crippen LogP contribution is 2.23. The van der Waals surface area contributed by atoms with Gasteiger partial charge in [-0.05, 0) is 25.5 Å². The smallest absolute Gasteiger partial charge is 0.411 e. The van der Waals surface area contributed by atoms with E-state index in [1.807, 2.05) is 13.0 Å². The van der Waals surface area contributed by atoms with Crippen molar-refractivity contribution >= 4 is 17.7 Å². The lowest BCUT2D eigenvalue weighted by molar-refractivity contribution is -0.154. The summed E-state index contributed by atoms with van der Waals surface area (Å²) in [4.78, 5) is 23.2. The predicted octanol–water partition coefficient (Wildman–Crippen LogP) is 2.82. The van der Waals surface area contributed by atoms with Crippen LogP contribution in [0.3, 0.4) is 0 Å². The Morgan fingerprint density at radius 3 is 2.42 bits per heavy atom. The van der Waals surface area contributed by atoms with Gasteiger partial charge in [-0.15, -0.1) is 0 Å². The van der Waals surface area contributed by atoms with Gasteiger partial charge < -0.3 is 9.47 Å². The van der Waals surface area contributed by atoms with E-state index in [2.05, 4.69) is 5.32 Å². The van der Waals surface area contributed by atoms with E-state index < -0.39 is 11.5 Å². The number of hydrogen-bond acceptors (Lipinski definition) is 4. The minimum atomic E-state index is -0.817. The van der Waals surface area contributed by atoms with Gasteiger partial charge in [0.1, 0.15) is 6.61 Å². The van der Waals surface area contributed by atoms with Crippen molar-refractivity contribution in [1.29, 1.82) is 0 Å². The van der Waals surface area contributed by atoms with Crippen LogP contribution in [0.2, 0.25) is 0 Å². The lowest BCUT2D eigenvalue weighted by atomic mass is 9.89. The molecule has 1 N–H and O–H groups in total. The summed E-state index contributed by atoms with van der Waals surface area (Å²) >= 11 is 0. The standard InChI is InChI=1S/C14H19NO4/c1-4-14(2,12(16)18-3)10-19-13(17)15-11-8-6-5-7-9-11/h5-9H,4,10H2,1-3H3,(H,15,17). The Bertz CT molecular complexity index is 432. The maximum Gasteiger partial charge on any atom is 0.411 e. The van der Waals surface area contributed by atoms with Crippen LogP contribution in [-0.2, 0) is 14.3 Å². The highest BCUT2D eigenvalue weighted by molar-refractivity contribution is 5.85. The molecule has 1 rings (SSSR count). The number of rotatable bonds is 5. The van der Waals surface area contributed by atoms with Gasteiger partial charge in [0.2, 0.25) is 0 Å². The average molecular weight is 265 g/mol. The fourth-order valence-corrected chi connectivity index (χ4v) is 1.45. The first kappa shape index (κ1) is 15.0. The zero-order valence-corrected chi connectivity index (χ0v) is 11.4. The quantitative estimate of drug-likeness (QED) is 0.831. The second kappa shape index (κ2) is 6.78. The van der Waals surface area contributed by atoms with Crippen molar-refractivity contribution in [3.05, 3.63) is 30.3 Å². The molecule has 0 aromatic heterocycles. The first-order chi connectivity index (χ1) is 9.01. The molecule has 5 nitrogen and oxygen atoms in total. The van der Waals surface area contributed by atoms with Crippen molar-refractivity contribution in [1.82, 2.24) is 0 Å². The molecule has 0 saturated heterocycles. The van der Waals surface area contributed by atoms with Gasteiger partial charge in [0.05, 0.1) is 12.5 Å². The molecule has 5 heteroatoms. The number of carbonyl (C=O) groups excluding carboxylic acids is 2. The van der Waals surface area contributed by atoms with E-state index in [4.69, 9.17) is 9.47 Å². The predicted molar refractivity (Wildman–Crippen MR) is 71.8 cm³/mol. The first-order valence-electron chi connectivity index (χ1n) is 6.09. The molecular weight excluding hydrogens is 246 g/mol. The number of esters is 1. The summed E-state index contributed by atoms with van der Waals surface area (Å²) in [5, 5.41) is 2.58. The van der Waals surface area contributed by atoms with Crippen LogP contribution < -0.4 is 5.32 Å². The summed E-state index contributed by atoms with van der Waals surface area (Å²) in [5.41, 5.74) is -0.174. The normalized spacial score (nSPS) is 13.2. The van der Waals surface area contributed by atoms with Crippen LogP contribution in [0, 0.1) is 5.41 Å². The molecule has 0 bridgehead atoms. The fourth-order valence-electron chi connectivity index (χ4n) is 1.45. The molecule has 1 unspecified atom stereocenters. The second-order valence-corrected chi connectivity index (χ2v) is 4.47. The minimum absolute atomic E-state index is 0.0190. The Kier molecular flexibility index (Phi) is 5.36. The Hall–Kier alpha value is -2.04. The van der Waals surface area contributed by atoms with Crippen LogP contribution in [0.15, 0.2) is 30.3 Å². The third kappa shape index (κ3) is 4.28. The molecule has 1 aromatic rings. The summed E-state index contributed by atoms with van der Waals surface area (Å²) in [6.45, 7) is 3.53. The van der Waals surface area contributed by atoms with E-state index >= 15 is 0 Å². The highest BCUT2D eigenvalue weighted by atomic mass is 16.6. The minimum Gasteiger partial charge on any atom is -0.469 e. The van der Waals surface area contributed by atoms with Crippen LogP contribution >= 0.6 is 0 Å². The molecule has 0 fully saturated rings. The van der Waals surface area contributed by atoms with Crippen molar-refractivity contribution in [2.45, 2.75) is 20.3 Å². The van der Waals surface area contributed by atoms with Crippen molar-refractivity contribution in [3.8, 4) is 0 Å². The van der Waals surface area contributed by atoms with Gasteiger partial charge in [-0.1, -0.05) is 25.1 Å². The van der Waals surface area contributed by atoms with Crippen molar-refractivity contribution in [3.63, 3.8) is 0 Å². The molecule has 0 saturated carbocycles. The molecule has 0 heterocycles. The molecule has 1 atom stereocenters. The molecule has 0 radical (unpaired) electrons. The van der Waals surface area contributed by atoms with Crippen molar-refractivity contribution < 1.29 is 19.1 Å². The summed E-state index contributed by atoms with van der Waals surface area (Å²) in [7, 11) is 1.32. The van der Waals surface area contributed by atoms with Crippen LogP contribution in [0.1, 0.15) is 20.3 Å². The average Bonchev–Trinajstić information content (AvgIpc) is 2.45. The van der Waals surface area contributed by atoms with E-state index in [-0.39, 0.29) is 12.6 Å². The summed E-state index contributed by atoms with van der Waals surface area (Å²) < 4.78 is 9.78. The zero-order valence-electron chi connectivity index (χ0n) is 11.4. The van der Waals surface area contributed by atoms with E-state index in [1.54, 1.807) is 31.2 Å². The van der Waals surface area contributed by atoms with Gasteiger partial charge in [0.15, 0.2) is 0 Å². The number of ether oxygens (including phenoxy) is 2. The molecular formula is C14H19NO4. The summed E-state index contributed by atoms with van der Waals surface area (Å²) in [6, 6.07) is 8.96. The topological polar surface area (TPSA) is 64.6 Å². The zero-order chi connectivity index (χ0) is 14.3. The number of amides is 1. The molecule has 104 valence electrons. The Morgan fingerprint density at radius 2 is 1.89 bits per heavy atom. The fraction of sp³-hybridized carbons (Fsp3) is 0.429. The van der Waals surface area contributed by atoms with Crippen molar-refractivity contribution in [2.24, 2.45) is 5.41 Å². The van der Waals surface area contributed by atoms with Crippen LogP contribution in [0.25, 0.3) is 0 Å². The SMILES string of the molecule is CCC(C)(COC(=O)Nc1ccccc1)C(=O)OC.